The van der Waals surface area contributed by atoms with Crippen LogP contribution in [0, 0.1) is 0 Å². The van der Waals surface area contributed by atoms with Gasteiger partial charge in [-0.25, -0.2) is 0 Å². The quantitative estimate of drug-likeness (QED) is 0.780. The van der Waals surface area contributed by atoms with Gasteiger partial charge in [0, 0.05) is 13.0 Å². The lowest BCUT2D eigenvalue weighted by molar-refractivity contribution is -0.128. The Kier molecular flexibility index (Phi) is 6.47. The van der Waals surface area contributed by atoms with Gasteiger partial charge in [0.25, 0.3) is 0 Å². The van der Waals surface area contributed by atoms with E-state index in [4.69, 9.17) is 0 Å². The Morgan fingerprint density at radius 3 is 2.67 bits per heavy atom. The molecule has 2 amide bonds. The van der Waals surface area contributed by atoms with Crippen LogP contribution in [0.15, 0.2) is 12.8 Å². The van der Waals surface area contributed by atoms with Gasteiger partial charge < -0.3 is 10.2 Å². The van der Waals surface area contributed by atoms with Crippen molar-refractivity contribution in [3.05, 3.63) is 12.8 Å². The highest BCUT2D eigenvalue weighted by Crippen LogP contribution is 2.10. The topological polar surface area (TPSA) is 59.3 Å². The van der Waals surface area contributed by atoms with Gasteiger partial charge in [0.05, 0.1) is 0 Å². The molecule has 1 atom stereocenters. The molecule has 4 nitrogen and oxygen atoms in total. The van der Waals surface area contributed by atoms with Gasteiger partial charge in [-0.2, -0.15) is 0 Å². The van der Waals surface area contributed by atoms with Crippen molar-refractivity contribution in [2.45, 2.75) is 57.9 Å². The summed E-state index contributed by atoms with van der Waals surface area (Å²) in [6.07, 6.45) is 9.07. The molecule has 0 spiro atoms. The Balaban J connectivity index is 0.000000184. The maximum Gasteiger partial charge on any atom is 0.243 e. The zero-order chi connectivity index (χ0) is 13.4. The average molecular weight is 252 g/mol. The fourth-order valence-electron chi connectivity index (χ4n) is 1.94. The summed E-state index contributed by atoms with van der Waals surface area (Å²) < 4.78 is 0. The van der Waals surface area contributed by atoms with Gasteiger partial charge in [0.1, 0.15) is 6.04 Å². The van der Waals surface area contributed by atoms with E-state index in [-0.39, 0.29) is 17.9 Å². The molecule has 0 aliphatic carbocycles. The van der Waals surface area contributed by atoms with E-state index < -0.39 is 0 Å². The summed E-state index contributed by atoms with van der Waals surface area (Å²) in [6, 6.07) is 0.231. The summed E-state index contributed by atoms with van der Waals surface area (Å²) in [7, 11) is 0. The Morgan fingerprint density at radius 1 is 1.39 bits per heavy atom. The summed E-state index contributed by atoms with van der Waals surface area (Å²) in [5.41, 5.74) is 0. The molecule has 0 aromatic rings. The molecule has 0 saturated carbocycles. The Morgan fingerprint density at radius 2 is 2.11 bits per heavy atom. The number of hydrogen-bond acceptors (Lipinski definition) is 2. The van der Waals surface area contributed by atoms with Crippen molar-refractivity contribution >= 4 is 11.8 Å². The maximum atomic E-state index is 11.1. The first-order chi connectivity index (χ1) is 8.69. The molecule has 4 heteroatoms. The monoisotopic (exact) mass is 252 g/mol. The third-order valence-corrected chi connectivity index (χ3v) is 3.23. The zero-order valence-electron chi connectivity index (χ0n) is 11.3. The lowest BCUT2D eigenvalue weighted by Gasteiger charge is -2.13. The molecule has 0 aromatic carbocycles. The van der Waals surface area contributed by atoms with E-state index in [1.807, 2.05) is 0 Å². The SMILES string of the molecule is C=CN1CCCCCC1=O.CCCCC1NC1=O. The van der Waals surface area contributed by atoms with Gasteiger partial charge in [0.15, 0.2) is 0 Å². The smallest absolute Gasteiger partial charge is 0.243 e. The van der Waals surface area contributed by atoms with E-state index >= 15 is 0 Å². The van der Waals surface area contributed by atoms with E-state index in [9.17, 15) is 9.59 Å². The second-order valence-corrected chi connectivity index (χ2v) is 4.78. The number of hydrogen-bond donors (Lipinski definition) is 1. The molecular formula is C14H24N2O2. The van der Waals surface area contributed by atoms with Crippen LogP contribution in [-0.2, 0) is 9.59 Å². The molecule has 1 unspecified atom stereocenters. The predicted octanol–water partition coefficient (Wildman–Crippen LogP) is 2.21. The van der Waals surface area contributed by atoms with Crippen LogP contribution in [0.25, 0.3) is 0 Å². The van der Waals surface area contributed by atoms with E-state index in [1.165, 1.54) is 19.3 Å². The second-order valence-electron chi connectivity index (χ2n) is 4.78. The molecule has 102 valence electrons. The molecule has 18 heavy (non-hydrogen) atoms. The molecule has 2 aliphatic rings. The van der Waals surface area contributed by atoms with Crippen LogP contribution < -0.4 is 5.32 Å². The Labute approximate surface area is 109 Å². The van der Waals surface area contributed by atoms with Crippen LogP contribution in [0.1, 0.15) is 51.9 Å². The number of unbranched alkanes of at least 4 members (excludes halogenated alkanes) is 1. The van der Waals surface area contributed by atoms with Crippen molar-refractivity contribution in [1.29, 1.82) is 0 Å². The molecule has 0 radical (unpaired) electrons. The molecule has 0 bridgehead atoms. The van der Waals surface area contributed by atoms with Gasteiger partial charge in [-0.05, 0) is 25.5 Å². The number of amides is 2. The van der Waals surface area contributed by atoms with Crippen molar-refractivity contribution in [1.82, 2.24) is 10.2 Å². The van der Waals surface area contributed by atoms with E-state index in [2.05, 4.69) is 18.8 Å². The fourth-order valence-corrected chi connectivity index (χ4v) is 1.94. The van der Waals surface area contributed by atoms with Crippen molar-refractivity contribution in [2.24, 2.45) is 0 Å². The number of likely N-dealkylation sites (tertiary alicyclic amines) is 1. The van der Waals surface area contributed by atoms with Gasteiger partial charge in [0.2, 0.25) is 11.8 Å². The van der Waals surface area contributed by atoms with Gasteiger partial charge >= 0.3 is 0 Å². The van der Waals surface area contributed by atoms with Crippen molar-refractivity contribution < 1.29 is 9.59 Å². The first kappa shape index (κ1) is 14.7. The maximum absolute atomic E-state index is 11.1. The standard InChI is InChI=1S/C8H13NO.C6H11NO/c1-2-9-7-5-3-4-6-8(9)10;1-2-3-4-5-6(8)7-5/h2H,1,3-7H2;5H,2-4H2,1H3,(H,7,8). The number of nitrogens with zero attached hydrogens (tertiary/aromatic N) is 1. The lowest BCUT2D eigenvalue weighted by atomic mass is 10.2. The number of rotatable bonds is 4. The van der Waals surface area contributed by atoms with Crippen LogP contribution in [0.5, 0.6) is 0 Å². The van der Waals surface area contributed by atoms with Gasteiger partial charge in [-0.1, -0.05) is 32.8 Å². The summed E-state index contributed by atoms with van der Waals surface area (Å²) >= 11 is 0. The molecule has 2 heterocycles. The molecule has 2 saturated heterocycles. The van der Waals surface area contributed by atoms with Crippen LogP contribution >= 0.6 is 0 Å². The van der Waals surface area contributed by atoms with E-state index in [1.54, 1.807) is 11.1 Å². The highest BCUT2D eigenvalue weighted by atomic mass is 16.2. The molecule has 2 aliphatic heterocycles. The minimum atomic E-state index is 0.229. The van der Waals surface area contributed by atoms with Gasteiger partial charge in [-0.3, -0.25) is 9.59 Å². The van der Waals surface area contributed by atoms with Crippen molar-refractivity contribution in [2.75, 3.05) is 6.54 Å². The van der Waals surface area contributed by atoms with Gasteiger partial charge in [-0.15, -0.1) is 0 Å². The van der Waals surface area contributed by atoms with Crippen LogP contribution in [0.2, 0.25) is 0 Å². The highest BCUT2D eigenvalue weighted by molar-refractivity contribution is 5.96. The second kappa shape index (κ2) is 7.90. The third-order valence-electron chi connectivity index (χ3n) is 3.23. The Bertz CT molecular complexity index is 302. The summed E-state index contributed by atoms with van der Waals surface area (Å²) in [4.78, 5) is 23.1. The predicted molar refractivity (Wildman–Crippen MR) is 71.8 cm³/mol. The molecule has 0 aromatic heterocycles. The normalized spacial score (nSPS) is 22.5. The summed E-state index contributed by atoms with van der Waals surface area (Å²) in [5, 5.41) is 2.73. The van der Waals surface area contributed by atoms with Crippen LogP contribution in [-0.4, -0.2) is 29.3 Å². The minimum Gasteiger partial charge on any atom is -0.343 e. The highest BCUT2D eigenvalue weighted by Gasteiger charge is 2.31. The first-order valence-corrected chi connectivity index (χ1v) is 6.91. The van der Waals surface area contributed by atoms with E-state index in [0.29, 0.717) is 6.42 Å². The average Bonchev–Trinajstić information content (AvgIpc) is 3.11. The van der Waals surface area contributed by atoms with Crippen molar-refractivity contribution in [3.8, 4) is 0 Å². The Hall–Kier alpha value is -1.32. The number of carbonyl (C=O) groups is 2. The summed E-state index contributed by atoms with van der Waals surface area (Å²) in [6.45, 7) is 6.58. The molecule has 2 rings (SSSR count). The third kappa shape index (κ3) is 5.34. The summed E-state index contributed by atoms with van der Waals surface area (Å²) in [5.74, 6) is 0.464. The minimum absolute atomic E-state index is 0.229. The zero-order valence-corrected chi connectivity index (χ0v) is 11.3. The van der Waals surface area contributed by atoms with Crippen molar-refractivity contribution in [3.63, 3.8) is 0 Å². The van der Waals surface area contributed by atoms with E-state index in [0.717, 1.165) is 25.8 Å². The molecular weight excluding hydrogens is 228 g/mol. The number of carbonyl (C=O) groups excluding carboxylic acids is 2. The van der Waals surface area contributed by atoms with Crippen LogP contribution in [0.4, 0.5) is 0 Å². The number of nitrogens with one attached hydrogen (secondary N) is 1. The molecule has 1 N–H and O–H groups in total. The first-order valence-electron chi connectivity index (χ1n) is 6.91. The van der Waals surface area contributed by atoms with Crippen LogP contribution in [0.3, 0.4) is 0 Å². The fraction of sp³-hybridized carbons (Fsp3) is 0.714. The lowest BCUT2D eigenvalue weighted by Crippen LogP contribution is -2.23. The molecule has 2 fully saturated rings. The largest absolute Gasteiger partial charge is 0.343 e.